The van der Waals surface area contributed by atoms with Crippen molar-refractivity contribution < 1.29 is 4.74 Å². The zero-order valence-corrected chi connectivity index (χ0v) is 9.49. The zero-order chi connectivity index (χ0) is 10.7. The maximum Gasteiger partial charge on any atom is 0.0791 e. The molecule has 1 aromatic carbocycles. The maximum atomic E-state index is 5.83. The van der Waals surface area contributed by atoms with Gasteiger partial charge in [0.15, 0.2) is 0 Å². The number of morpholine rings is 1. The maximum absolute atomic E-state index is 5.83. The summed E-state index contributed by atoms with van der Waals surface area (Å²) in [5.74, 6) is 0. The van der Waals surface area contributed by atoms with Gasteiger partial charge in [-0.25, -0.2) is 0 Å². The number of nitrogens with one attached hydrogen (secondary N) is 1. The molecule has 2 heteroatoms. The van der Waals surface area contributed by atoms with Crippen LogP contribution in [0.2, 0.25) is 0 Å². The SMILES string of the molecule is CC(C)(c1ccccc1)C1CNCCO1. The molecule has 82 valence electrons. The largest absolute Gasteiger partial charge is 0.375 e. The van der Waals surface area contributed by atoms with Gasteiger partial charge in [0.1, 0.15) is 0 Å². The standard InChI is InChI=1S/C13H19NO/c1-13(2,11-6-4-3-5-7-11)12-10-14-8-9-15-12/h3-7,12,14H,8-10H2,1-2H3. The molecule has 1 aromatic rings. The summed E-state index contributed by atoms with van der Waals surface area (Å²) in [7, 11) is 0. The fourth-order valence-corrected chi connectivity index (χ4v) is 2.08. The number of benzene rings is 1. The average molecular weight is 205 g/mol. The van der Waals surface area contributed by atoms with Gasteiger partial charge in [-0.2, -0.15) is 0 Å². The summed E-state index contributed by atoms with van der Waals surface area (Å²) < 4.78 is 5.83. The van der Waals surface area contributed by atoms with Gasteiger partial charge >= 0.3 is 0 Å². The van der Waals surface area contributed by atoms with Crippen LogP contribution in [0.4, 0.5) is 0 Å². The first-order valence-corrected chi connectivity index (χ1v) is 5.59. The Labute approximate surface area is 91.6 Å². The molecule has 1 atom stereocenters. The van der Waals surface area contributed by atoms with Crippen LogP contribution in [0, 0.1) is 0 Å². The normalized spacial score (nSPS) is 22.7. The van der Waals surface area contributed by atoms with Crippen molar-refractivity contribution in [1.82, 2.24) is 5.32 Å². The Balaban J connectivity index is 2.18. The summed E-state index contributed by atoms with van der Waals surface area (Å²) in [6.07, 6.45) is 0.272. The topological polar surface area (TPSA) is 21.3 Å². The highest BCUT2D eigenvalue weighted by Gasteiger charge is 2.33. The molecular formula is C13H19NO. The summed E-state index contributed by atoms with van der Waals surface area (Å²) in [6.45, 7) is 7.24. The highest BCUT2D eigenvalue weighted by molar-refractivity contribution is 5.25. The molecule has 0 amide bonds. The Morgan fingerprint density at radius 2 is 2.00 bits per heavy atom. The molecule has 1 unspecified atom stereocenters. The van der Waals surface area contributed by atoms with Crippen molar-refractivity contribution in [1.29, 1.82) is 0 Å². The van der Waals surface area contributed by atoms with Crippen molar-refractivity contribution in [2.24, 2.45) is 0 Å². The number of rotatable bonds is 2. The van der Waals surface area contributed by atoms with Gasteiger partial charge < -0.3 is 10.1 Å². The van der Waals surface area contributed by atoms with Crippen LogP contribution in [0.15, 0.2) is 30.3 Å². The Morgan fingerprint density at radius 3 is 2.60 bits per heavy atom. The van der Waals surface area contributed by atoms with Crippen molar-refractivity contribution in [2.75, 3.05) is 19.7 Å². The van der Waals surface area contributed by atoms with Crippen molar-refractivity contribution in [3.8, 4) is 0 Å². The quantitative estimate of drug-likeness (QED) is 0.797. The molecule has 1 aliphatic rings. The fraction of sp³-hybridized carbons (Fsp3) is 0.538. The summed E-state index contributed by atoms with van der Waals surface area (Å²) in [5, 5.41) is 3.39. The molecule has 2 nitrogen and oxygen atoms in total. The molecule has 0 bridgehead atoms. The molecule has 1 heterocycles. The summed E-state index contributed by atoms with van der Waals surface area (Å²) >= 11 is 0. The van der Waals surface area contributed by atoms with Crippen LogP contribution in [-0.2, 0) is 10.2 Å². The van der Waals surface area contributed by atoms with E-state index in [0.29, 0.717) is 0 Å². The highest BCUT2D eigenvalue weighted by Crippen LogP contribution is 2.29. The van der Waals surface area contributed by atoms with E-state index in [2.05, 4.69) is 49.5 Å². The smallest absolute Gasteiger partial charge is 0.0791 e. The average Bonchev–Trinajstić information content (AvgIpc) is 2.31. The molecule has 0 spiro atoms. The lowest BCUT2D eigenvalue weighted by Gasteiger charge is -2.37. The Hall–Kier alpha value is -0.860. The van der Waals surface area contributed by atoms with Crippen molar-refractivity contribution in [2.45, 2.75) is 25.4 Å². The van der Waals surface area contributed by atoms with Crippen molar-refractivity contribution in [3.05, 3.63) is 35.9 Å². The summed E-state index contributed by atoms with van der Waals surface area (Å²) in [4.78, 5) is 0. The highest BCUT2D eigenvalue weighted by atomic mass is 16.5. The van der Waals surface area contributed by atoms with Gasteiger partial charge in [-0.15, -0.1) is 0 Å². The van der Waals surface area contributed by atoms with Crippen LogP contribution in [0.5, 0.6) is 0 Å². The lowest BCUT2D eigenvalue weighted by Crippen LogP contribution is -2.48. The molecule has 2 rings (SSSR count). The summed E-state index contributed by atoms with van der Waals surface area (Å²) in [5.41, 5.74) is 1.42. The minimum Gasteiger partial charge on any atom is -0.375 e. The molecule has 15 heavy (non-hydrogen) atoms. The van der Waals surface area contributed by atoms with Gasteiger partial charge in [0.2, 0.25) is 0 Å². The number of hydrogen-bond acceptors (Lipinski definition) is 2. The first-order valence-electron chi connectivity index (χ1n) is 5.59. The number of hydrogen-bond donors (Lipinski definition) is 1. The van der Waals surface area contributed by atoms with Crippen molar-refractivity contribution >= 4 is 0 Å². The van der Waals surface area contributed by atoms with E-state index in [-0.39, 0.29) is 11.5 Å². The predicted molar refractivity (Wildman–Crippen MR) is 62.1 cm³/mol. The van der Waals surface area contributed by atoms with E-state index >= 15 is 0 Å². The van der Waals surface area contributed by atoms with Crippen LogP contribution in [0.3, 0.4) is 0 Å². The van der Waals surface area contributed by atoms with E-state index in [9.17, 15) is 0 Å². The predicted octanol–water partition coefficient (Wildman–Crippen LogP) is 1.95. The third-order valence-electron chi connectivity index (χ3n) is 3.25. The van der Waals surface area contributed by atoms with Gasteiger partial charge in [0.05, 0.1) is 12.7 Å². The molecule has 0 radical (unpaired) electrons. The Bertz CT molecular complexity index is 302. The van der Waals surface area contributed by atoms with Crippen LogP contribution in [0.1, 0.15) is 19.4 Å². The minimum absolute atomic E-state index is 0.0781. The van der Waals surface area contributed by atoms with E-state index < -0.39 is 0 Å². The van der Waals surface area contributed by atoms with Crippen LogP contribution in [-0.4, -0.2) is 25.8 Å². The van der Waals surface area contributed by atoms with E-state index in [1.807, 2.05) is 0 Å². The second kappa shape index (κ2) is 4.33. The van der Waals surface area contributed by atoms with Gasteiger partial charge in [-0.1, -0.05) is 44.2 Å². The monoisotopic (exact) mass is 205 g/mol. The van der Waals surface area contributed by atoms with E-state index in [4.69, 9.17) is 4.74 Å². The van der Waals surface area contributed by atoms with Crippen LogP contribution < -0.4 is 5.32 Å². The molecule has 1 aliphatic heterocycles. The molecule has 0 aliphatic carbocycles. The second-order valence-corrected chi connectivity index (χ2v) is 4.65. The van der Waals surface area contributed by atoms with Crippen LogP contribution >= 0.6 is 0 Å². The first kappa shape index (κ1) is 10.7. The molecule has 0 saturated carbocycles. The van der Waals surface area contributed by atoms with Gasteiger partial charge in [0.25, 0.3) is 0 Å². The minimum atomic E-state index is 0.0781. The van der Waals surface area contributed by atoms with Crippen molar-refractivity contribution in [3.63, 3.8) is 0 Å². The lowest BCUT2D eigenvalue weighted by molar-refractivity contribution is -0.0139. The molecule has 1 fully saturated rings. The second-order valence-electron chi connectivity index (χ2n) is 4.65. The lowest BCUT2D eigenvalue weighted by atomic mass is 9.79. The molecule has 1 saturated heterocycles. The third-order valence-corrected chi connectivity index (χ3v) is 3.25. The van der Waals surface area contributed by atoms with E-state index in [0.717, 1.165) is 19.7 Å². The van der Waals surface area contributed by atoms with Crippen LogP contribution in [0.25, 0.3) is 0 Å². The first-order chi connectivity index (χ1) is 7.21. The molecule has 0 aromatic heterocycles. The van der Waals surface area contributed by atoms with E-state index in [1.165, 1.54) is 5.56 Å². The third kappa shape index (κ3) is 2.21. The molecule has 1 N–H and O–H groups in total. The van der Waals surface area contributed by atoms with Gasteiger partial charge in [-0.3, -0.25) is 0 Å². The zero-order valence-electron chi connectivity index (χ0n) is 9.49. The summed E-state index contributed by atoms with van der Waals surface area (Å²) in [6, 6.07) is 10.6. The molecular weight excluding hydrogens is 186 g/mol. The van der Waals surface area contributed by atoms with Gasteiger partial charge in [0, 0.05) is 18.5 Å². The Morgan fingerprint density at radius 1 is 1.27 bits per heavy atom. The van der Waals surface area contributed by atoms with Gasteiger partial charge in [-0.05, 0) is 5.56 Å². The Kier molecular flexibility index (Phi) is 3.08. The van der Waals surface area contributed by atoms with E-state index in [1.54, 1.807) is 0 Å². The number of ether oxygens (including phenoxy) is 1. The fourth-order valence-electron chi connectivity index (χ4n) is 2.08.